The smallest absolute Gasteiger partial charge is 0.323 e. The molecule has 1 unspecified atom stereocenters. The maximum atomic E-state index is 11.3. The lowest BCUT2D eigenvalue weighted by Crippen LogP contribution is -2.29. The van der Waals surface area contributed by atoms with Gasteiger partial charge in [0.2, 0.25) is 0 Å². The number of rotatable bonds is 4. The molecule has 1 atom stereocenters. The molecule has 0 aliphatic rings. The molecule has 0 saturated carbocycles. The number of halogens is 1. The molecule has 1 heterocycles. The van der Waals surface area contributed by atoms with Gasteiger partial charge >= 0.3 is 11.7 Å². The number of carboxylic acids is 1. The fourth-order valence-corrected chi connectivity index (χ4v) is 2.74. The summed E-state index contributed by atoms with van der Waals surface area (Å²) in [7, 11) is 0. The Morgan fingerprint density at radius 1 is 1.40 bits per heavy atom. The van der Waals surface area contributed by atoms with E-state index in [2.05, 4.69) is 25.9 Å². The highest BCUT2D eigenvalue weighted by atomic mass is 79.9. The number of benzene rings is 1. The van der Waals surface area contributed by atoms with Crippen LogP contribution >= 0.6 is 15.9 Å². The number of aromatic amines is 2. The summed E-state index contributed by atoms with van der Waals surface area (Å²) in [6.45, 7) is 3.28. The van der Waals surface area contributed by atoms with Crippen molar-refractivity contribution >= 4 is 32.9 Å². The number of hydrogen-bond acceptors (Lipinski definition) is 3. The molecule has 108 valence electrons. The highest BCUT2D eigenvalue weighted by Crippen LogP contribution is 2.33. The van der Waals surface area contributed by atoms with Gasteiger partial charge in [0.25, 0.3) is 0 Å². The van der Waals surface area contributed by atoms with Gasteiger partial charge in [-0.2, -0.15) is 0 Å². The molecule has 7 heteroatoms. The molecule has 1 aromatic heterocycles. The maximum absolute atomic E-state index is 11.3. The molecule has 0 bridgehead atoms. The highest BCUT2D eigenvalue weighted by molar-refractivity contribution is 9.10. The molecular formula is C13H16BrN3O3. The minimum Gasteiger partial charge on any atom is -0.481 e. The molecule has 20 heavy (non-hydrogen) atoms. The second-order valence-electron chi connectivity index (χ2n) is 5.50. The molecule has 1 aromatic carbocycles. The van der Waals surface area contributed by atoms with Crippen LogP contribution in [0, 0.1) is 5.41 Å². The second kappa shape index (κ2) is 5.06. The summed E-state index contributed by atoms with van der Waals surface area (Å²) in [6.07, 6.45) is 0.293. The number of carbonyl (C=O) groups is 1. The number of aromatic nitrogens is 2. The number of imidazole rings is 1. The topological polar surface area (TPSA) is 112 Å². The minimum atomic E-state index is -0.917. The third-order valence-electron chi connectivity index (χ3n) is 3.34. The first-order chi connectivity index (χ1) is 9.20. The summed E-state index contributed by atoms with van der Waals surface area (Å²) in [5.74, 6) is -0.889. The summed E-state index contributed by atoms with van der Waals surface area (Å²) in [5.41, 5.74) is 7.01. The van der Waals surface area contributed by atoms with Crippen LogP contribution in [0.1, 0.15) is 31.9 Å². The Labute approximate surface area is 123 Å². The van der Waals surface area contributed by atoms with Gasteiger partial charge in [0.05, 0.1) is 16.4 Å². The summed E-state index contributed by atoms with van der Waals surface area (Å²) in [6, 6.07) is 3.08. The third-order valence-corrected chi connectivity index (χ3v) is 4.03. The second-order valence-corrected chi connectivity index (χ2v) is 6.35. The van der Waals surface area contributed by atoms with Crippen molar-refractivity contribution in [2.45, 2.75) is 26.3 Å². The largest absolute Gasteiger partial charge is 0.481 e. The molecule has 0 radical (unpaired) electrons. The van der Waals surface area contributed by atoms with E-state index in [4.69, 9.17) is 10.8 Å². The highest BCUT2D eigenvalue weighted by Gasteiger charge is 2.30. The molecule has 0 amide bonds. The number of carboxylic acid groups (broad SMARTS) is 1. The van der Waals surface area contributed by atoms with Crippen LogP contribution in [0.3, 0.4) is 0 Å². The Hall–Kier alpha value is -1.60. The number of H-pyrrole nitrogens is 2. The fourth-order valence-electron chi connectivity index (χ4n) is 2.10. The van der Waals surface area contributed by atoms with Gasteiger partial charge in [-0.05, 0) is 38.0 Å². The monoisotopic (exact) mass is 341 g/mol. The standard InChI is InChI=1S/C13H16BrN3O3/c1-13(2,11(18)19)5-8(15)6-3-9-10(4-7(6)14)17-12(20)16-9/h3-4,8H,5,15H2,1-2H3,(H,18,19)(H2,16,17,20). The van der Waals surface area contributed by atoms with Crippen LogP contribution in [0.4, 0.5) is 0 Å². The predicted octanol–water partition coefficient (Wildman–Crippen LogP) is 2.12. The molecule has 2 rings (SSSR count). The lowest BCUT2D eigenvalue weighted by atomic mass is 9.84. The van der Waals surface area contributed by atoms with Crippen molar-refractivity contribution in [1.82, 2.24) is 9.97 Å². The van der Waals surface area contributed by atoms with Crippen molar-refractivity contribution in [2.75, 3.05) is 0 Å². The average molecular weight is 342 g/mol. The van der Waals surface area contributed by atoms with Gasteiger partial charge < -0.3 is 20.8 Å². The van der Waals surface area contributed by atoms with Gasteiger partial charge in [-0.25, -0.2) is 4.79 Å². The SMILES string of the molecule is CC(C)(CC(N)c1cc2[nH]c(=O)[nH]c2cc1Br)C(=O)O. The predicted molar refractivity (Wildman–Crippen MR) is 79.6 cm³/mol. The lowest BCUT2D eigenvalue weighted by molar-refractivity contribution is -0.147. The van der Waals surface area contributed by atoms with E-state index in [9.17, 15) is 9.59 Å². The van der Waals surface area contributed by atoms with Crippen LogP contribution in [0.15, 0.2) is 21.4 Å². The van der Waals surface area contributed by atoms with Gasteiger partial charge in [-0.3, -0.25) is 4.79 Å². The number of fused-ring (bicyclic) bond motifs is 1. The van der Waals surface area contributed by atoms with E-state index in [0.29, 0.717) is 17.5 Å². The number of aliphatic carboxylic acids is 1. The van der Waals surface area contributed by atoms with E-state index in [1.807, 2.05) is 0 Å². The van der Waals surface area contributed by atoms with E-state index < -0.39 is 17.4 Å². The van der Waals surface area contributed by atoms with Crippen LogP contribution in [0.2, 0.25) is 0 Å². The Bertz CT molecular complexity index is 717. The number of nitrogens with two attached hydrogens (primary N) is 1. The zero-order chi connectivity index (χ0) is 15.1. The van der Waals surface area contributed by atoms with Gasteiger partial charge in [-0.1, -0.05) is 15.9 Å². The van der Waals surface area contributed by atoms with Crippen molar-refractivity contribution in [3.8, 4) is 0 Å². The van der Waals surface area contributed by atoms with E-state index >= 15 is 0 Å². The van der Waals surface area contributed by atoms with Crippen LogP contribution < -0.4 is 11.4 Å². The van der Waals surface area contributed by atoms with Crippen molar-refractivity contribution in [2.24, 2.45) is 11.1 Å². The van der Waals surface area contributed by atoms with Crippen LogP contribution in [0.25, 0.3) is 11.0 Å². The zero-order valence-electron chi connectivity index (χ0n) is 11.2. The first-order valence-corrected chi connectivity index (χ1v) is 6.90. The first kappa shape index (κ1) is 14.8. The van der Waals surface area contributed by atoms with Crippen molar-refractivity contribution < 1.29 is 9.90 Å². The molecule has 0 saturated heterocycles. The molecule has 0 aliphatic heterocycles. The van der Waals surface area contributed by atoms with E-state index in [1.54, 1.807) is 26.0 Å². The Balaban J connectivity index is 2.39. The minimum absolute atomic E-state index is 0.288. The van der Waals surface area contributed by atoms with Gasteiger partial charge in [0.1, 0.15) is 0 Å². The average Bonchev–Trinajstić information content (AvgIpc) is 2.66. The van der Waals surface area contributed by atoms with Crippen molar-refractivity contribution in [3.63, 3.8) is 0 Å². The quantitative estimate of drug-likeness (QED) is 0.682. The molecule has 0 aliphatic carbocycles. The molecular weight excluding hydrogens is 326 g/mol. The summed E-state index contributed by atoms with van der Waals surface area (Å²) >= 11 is 3.41. The Morgan fingerprint density at radius 3 is 2.50 bits per heavy atom. The van der Waals surface area contributed by atoms with E-state index in [1.165, 1.54) is 0 Å². The zero-order valence-corrected chi connectivity index (χ0v) is 12.7. The number of hydrogen-bond donors (Lipinski definition) is 4. The summed E-state index contributed by atoms with van der Waals surface area (Å²) < 4.78 is 0.744. The lowest BCUT2D eigenvalue weighted by Gasteiger charge is -2.24. The van der Waals surface area contributed by atoms with Crippen LogP contribution in [-0.2, 0) is 4.79 Å². The van der Waals surface area contributed by atoms with Crippen LogP contribution in [0.5, 0.6) is 0 Å². The Kier molecular flexibility index (Phi) is 3.75. The molecule has 6 nitrogen and oxygen atoms in total. The molecule has 0 fully saturated rings. The number of nitrogens with one attached hydrogen (secondary N) is 2. The summed E-state index contributed by atoms with van der Waals surface area (Å²) in [5, 5.41) is 9.16. The molecule has 5 N–H and O–H groups in total. The van der Waals surface area contributed by atoms with Gasteiger partial charge in [0.15, 0.2) is 0 Å². The Morgan fingerprint density at radius 2 is 1.95 bits per heavy atom. The fraction of sp³-hybridized carbons (Fsp3) is 0.385. The van der Waals surface area contributed by atoms with Gasteiger partial charge in [0, 0.05) is 10.5 Å². The normalized spacial score (nSPS) is 13.6. The molecule has 2 aromatic rings. The molecule has 0 spiro atoms. The van der Waals surface area contributed by atoms with Gasteiger partial charge in [-0.15, -0.1) is 0 Å². The van der Waals surface area contributed by atoms with E-state index in [-0.39, 0.29) is 5.69 Å². The first-order valence-electron chi connectivity index (χ1n) is 6.11. The van der Waals surface area contributed by atoms with E-state index in [0.717, 1.165) is 10.0 Å². The summed E-state index contributed by atoms with van der Waals surface area (Å²) in [4.78, 5) is 27.8. The van der Waals surface area contributed by atoms with Crippen molar-refractivity contribution in [3.05, 3.63) is 32.7 Å². The third kappa shape index (κ3) is 2.78. The van der Waals surface area contributed by atoms with Crippen molar-refractivity contribution in [1.29, 1.82) is 0 Å². The van der Waals surface area contributed by atoms with Crippen LogP contribution in [-0.4, -0.2) is 21.0 Å². The maximum Gasteiger partial charge on any atom is 0.323 e.